The Labute approximate surface area is 140 Å². The third-order valence-electron chi connectivity index (χ3n) is 3.91. The van der Waals surface area contributed by atoms with E-state index in [9.17, 15) is 4.79 Å². The first kappa shape index (κ1) is 17.7. The van der Waals surface area contributed by atoms with Crippen LogP contribution in [0.1, 0.15) is 36.6 Å². The summed E-state index contributed by atoms with van der Waals surface area (Å²) in [5, 5.41) is 10.1. The van der Waals surface area contributed by atoms with Crippen LogP contribution in [0.15, 0.2) is 37.1 Å². The molecule has 0 saturated heterocycles. The van der Waals surface area contributed by atoms with Crippen LogP contribution in [0, 0.1) is 12.8 Å². The highest BCUT2D eigenvalue weighted by atomic mass is 16.3. The van der Waals surface area contributed by atoms with E-state index in [-0.39, 0.29) is 18.4 Å². The molecule has 0 aliphatic heterocycles. The molecule has 0 bridgehead atoms. The molecule has 7 heteroatoms. The van der Waals surface area contributed by atoms with E-state index in [1.807, 2.05) is 16.8 Å². The van der Waals surface area contributed by atoms with Gasteiger partial charge < -0.3 is 15.0 Å². The number of carbonyl (C=O) groups excluding carboxylic acids is 1. The molecule has 0 aromatic carbocycles. The van der Waals surface area contributed by atoms with E-state index in [1.165, 1.54) is 12.8 Å². The Morgan fingerprint density at radius 3 is 2.83 bits per heavy atom. The number of rotatable bonds is 6. The van der Waals surface area contributed by atoms with Gasteiger partial charge >= 0.3 is 0 Å². The molecule has 1 fully saturated rings. The average Bonchev–Trinajstić information content (AvgIpc) is 3.28. The molecule has 1 amide bonds. The topological polar surface area (TPSA) is 97.1 Å². The predicted octanol–water partition coefficient (Wildman–Crippen LogP) is 1.94. The zero-order valence-corrected chi connectivity index (χ0v) is 13.6. The van der Waals surface area contributed by atoms with Crippen molar-refractivity contribution in [1.82, 2.24) is 19.9 Å². The number of amides is 1. The van der Waals surface area contributed by atoms with E-state index in [0.717, 1.165) is 11.3 Å². The summed E-state index contributed by atoms with van der Waals surface area (Å²) in [7, 11) is 0. The molecule has 2 heterocycles. The van der Waals surface area contributed by atoms with Crippen LogP contribution in [0.25, 0.3) is 0 Å². The van der Waals surface area contributed by atoms with Gasteiger partial charge in [0.05, 0.1) is 18.1 Å². The summed E-state index contributed by atoms with van der Waals surface area (Å²) in [6, 6.07) is 4.04. The number of carboxylic acid groups (broad SMARTS) is 1. The molecule has 2 aromatic heterocycles. The number of nitrogens with zero attached hydrogens (tertiary/aromatic N) is 3. The van der Waals surface area contributed by atoms with Crippen molar-refractivity contribution in [1.29, 1.82) is 0 Å². The zero-order chi connectivity index (χ0) is 17.4. The highest BCUT2D eigenvalue weighted by Gasteiger charge is 2.34. The van der Waals surface area contributed by atoms with Crippen LogP contribution < -0.4 is 5.32 Å². The highest BCUT2D eigenvalue weighted by molar-refractivity contribution is 5.76. The Balaban J connectivity index is 0.000000647. The molecule has 1 saturated carbocycles. The number of hydrogen-bond acceptors (Lipinski definition) is 4. The second-order valence-electron chi connectivity index (χ2n) is 5.74. The minimum Gasteiger partial charge on any atom is -0.483 e. The minimum atomic E-state index is -0.250. The van der Waals surface area contributed by atoms with Crippen molar-refractivity contribution in [3.05, 3.63) is 48.3 Å². The van der Waals surface area contributed by atoms with Gasteiger partial charge in [-0.15, -0.1) is 0 Å². The summed E-state index contributed by atoms with van der Waals surface area (Å²) in [4.78, 5) is 29.0. The monoisotopic (exact) mass is 330 g/mol. The summed E-state index contributed by atoms with van der Waals surface area (Å²) in [5.41, 5.74) is 2.15. The molecular formula is C17H22N4O3. The van der Waals surface area contributed by atoms with Crippen LogP contribution >= 0.6 is 0 Å². The highest BCUT2D eigenvalue weighted by Crippen LogP contribution is 2.41. The number of imidazole rings is 1. The van der Waals surface area contributed by atoms with E-state index in [0.29, 0.717) is 18.9 Å². The third kappa shape index (κ3) is 5.19. The molecule has 2 N–H and O–H groups in total. The number of carbonyl (C=O) groups is 2. The van der Waals surface area contributed by atoms with Crippen molar-refractivity contribution >= 4 is 12.4 Å². The third-order valence-corrected chi connectivity index (χ3v) is 3.91. The largest absolute Gasteiger partial charge is 0.483 e. The second-order valence-corrected chi connectivity index (χ2v) is 5.74. The van der Waals surface area contributed by atoms with Crippen molar-refractivity contribution in [2.75, 3.05) is 0 Å². The van der Waals surface area contributed by atoms with Crippen LogP contribution in [0.3, 0.4) is 0 Å². The van der Waals surface area contributed by atoms with Gasteiger partial charge in [-0.25, -0.2) is 4.98 Å². The van der Waals surface area contributed by atoms with E-state index in [1.54, 1.807) is 18.7 Å². The first-order chi connectivity index (χ1) is 11.7. The smallest absolute Gasteiger partial charge is 0.290 e. The quantitative estimate of drug-likeness (QED) is 0.789. The first-order valence-electron chi connectivity index (χ1n) is 7.90. The Morgan fingerprint density at radius 2 is 2.25 bits per heavy atom. The van der Waals surface area contributed by atoms with Crippen molar-refractivity contribution < 1.29 is 14.7 Å². The number of aryl methyl sites for hydroxylation is 2. The molecule has 128 valence electrons. The van der Waals surface area contributed by atoms with Crippen LogP contribution in [0.2, 0.25) is 0 Å². The number of pyridine rings is 1. The molecule has 1 unspecified atom stereocenters. The maximum absolute atomic E-state index is 12.2. The number of nitrogens with one attached hydrogen (secondary N) is 1. The van der Waals surface area contributed by atoms with E-state index >= 15 is 0 Å². The molecule has 3 rings (SSSR count). The second kappa shape index (κ2) is 8.81. The Hall–Kier alpha value is -2.70. The predicted molar refractivity (Wildman–Crippen MR) is 88.1 cm³/mol. The zero-order valence-electron chi connectivity index (χ0n) is 13.6. The molecule has 0 radical (unpaired) electrons. The Kier molecular flexibility index (Phi) is 6.48. The maximum atomic E-state index is 12.2. The maximum Gasteiger partial charge on any atom is 0.290 e. The van der Waals surface area contributed by atoms with Gasteiger partial charge in [0.2, 0.25) is 5.91 Å². The molecule has 24 heavy (non-hydrogen) atoms. The lowest BCUT2D eigenvalue weighted by Crippen LogP contribution is -2.31. The Morgan fingerprint density at radius 1 is 1.50 bits per heavy atom. The van der Waals surface area contributed by atoms with Crippen molar-refractivity contribution in [2.24, 2.45) is 5.92 Å². The summed E-state index contributed by atoms with van der Waals surface area (Å²) in [6.45, 7) is 2.46. The summed E-state index contributed by atoms with van der Waals surface area (Å²) in [6.07, 6.45) is 9.93. The van der Waals surface area contributed by atoms with Gasteiger partial charge in [-0.2, -0.15) is 0 Å². The number of aromatic nitrogens is 3. The van der Waals surface area contributed by atoms with Gasteiger partial charge in [-0.05, 0) is 37.3 Å². The summed E-state index contributed by atoms with van der Waals surface area (Å²) in [5.74, 6) is 0.612. The van der Waals surface area contributed by atoms with Crippen molar-refractivity contribution in [2.45, 2.75) is 38.8 Å². The van der Waals surface area contributed by atoms with E-state index in [4.69, 9.17) is 9.90 Å². The molecular weight excluding hydrogens is 308 g/mol. The Bertz CT molecular complexity index is 654. The molecule has 1 atom stereocenters. The van der Waals surface area contributed by atoms with Crippen molar-refractivity contribution in [3.63, 3.8) is 0 Å². The van der Waals surface area contributed by atoms with Gasteiger partial charge in [0.1, 0.15) is 0 Å². The fraction of sp³-hybridized carbons (Fsp3) is 0.412. The molecule has 7 nitrogen and oxygen atoms in total. The minimum absolute atomic E-state index is 0.0569. The molecule has 1 aliphatic carbocycles. The molecule has 2 aromatic rings. The summed E-state index contributed by atoms with van der Waals surface area (Å²) >= 11 is 0. The van der Waals surface area contributed by atoms with Crippen LogP contribution in [0.5, 0.6) is 0 Å². The van der Waals surface area contributed by atoms with E-state index in [2.05, 4.69) is 28.3 Å². The molecule has 1 aliphatic rings. The van der Waals surface area contributed by atoms with Gasteiger partial charge in [0.25, 0.3) is 6.47 Å². The van der Waals surface area contributed by atoms with Gasteiger partial charge in [0, 0.05) is 31.6 Å². The SMILES string of the molecule is Cc1cccnc1C(NC(=O)CCn1ccnc1)C1CC1.O=CO. The lowest BCUT2D eigenvalue weighted by molar-refractivity contribution is -0.123. The van der Waals surface area contributed by atoms with Gasteiger partial charge in [0.15, 0.2) is 0 Å². The van der Waals surface area contributed by atoms with Gasteiger partial charge in [-0.3, -0.25) is 14.6 Å². The fourth-order valence-corrected chi connectivity index (χ4v) is 2.56. The number of hydrogen-bond donors (Lipinski definition) is 2. The van der Waals surface area contributed by atoms with Crippen molar-refractivity contribution in [3.8, 4) is 0 Å². The standard InChI is InChI=1S/C16H20N4O.CH2O2/c1-12-3-2-7-18-15(12)16(13-4-5-13)19-14(21)6-9-20-10-8-17-11-20;2-1-3/h2-3,7-8,10-11,13,16H,4-6,9H2,1H3,(H,19,21);1H,(H,2,3). The van der Waals surface area contributed by atoms with E-state index < -0.39 is 0 Å². The van der Waals surface area contributed by atoms with Gasteiger partial charge in [-0.1, -0.05) is 6.07 Å². The average molecular weight is 330 g/mol. The summed E-state index contributed by atoms with van der Waals surface area (Å²) < 4.78 is 1.91. The fourth-order valence-electron chi connectivity index (χ4n) is 2.56. The van der Waals surface area contributed by atoms with Crippen LogP contribution in [-0.4, -0.2) is 32.0 Å². The normalized spacial score (nSPS) is 14.2. The van der Waals surface area contributed by atoms with Crippen LogP contribution in [0.4, 0.5) is 0 Å². The first-order valence-corrected chi connectivity index (χ1v) is 7.90. The molecule has 0 spiro atoms. The van der Waals surface area contributed by atoms with Crippen LogP contribution in [-0.2, 0) is 16.1 Å². The lowest BCUT2D eigenvalue weighted by atomic mass is 10.0. The lowest BCUT2D eigenvalue weighted by Gasteiger charge is -2.19.